The first-order valence-corrected chi connectivity index (χ1v) is 8.15. The summed E-state index contributed by atoms with van der Waals surface area (Å²) in [4.78, 5) is 0. The fraction of sp³-hybridized carbons (Fsp3) is 0.750. The van der Waals surface area contributed by atoms with Gasteiger partial charge in [0, 0.05) is 31.3 Å². The zero-order chi connectivity index (χ0) is 15.2. The van der Waals surface area contributed by atoms with Crippen LogP contribution in [0.4, 0.5) is 0 Å². The summed E-state index contributed by atoms with van der Waals surface area (Å²) >= 11 is 0. The van der Waals surface area contributed by atoms with E-state index in [9.17, 15) is 8.42 Å². The zero-order valence-electron chi connectivity index (χ0n) is 12.4. The Morgan fingerprint density at radius 3 is 2.70 bits per heavy atom. The second kappa shape index (κ2) is 7.72. The maximum absolute atomic E-state index is 12.3. The van der Waals surface area contributed by atoms with Crippen LogP contribution in [-0.2, 0) is 21.3 Å². The Morgan fingerprint density at radius 2 is 2.15 bits per heavy atom. The van der Waals surface area contributed by atoms with E-state index in [2.05, 4.69) is 20.2 Å². The van der Waals surface area contributed by atoms with Crippen LogP contribution in [0.2, 0.25) is 0 Å². The van der Waals surface area contributed by atoms with Crippen molar-refractivity contribution in [1.29, 1.82) is 0 Å². The molecule has 1 heterocycles. The Hall–Kier alpha value is -0.960. The van der Waals surface area contributed by atoms with E-state index < -0.39 is 10.0 Å². The molecule has 0 saturated carbocycles. The Morgan fingerprint density at radius 1 is 1.45 bits per heavy atom. The molecule has 116 valence electrons. The quantitative estimate of drug-likeness (QED) is 0.621. The highest BCUT2D eigenvalue weighted by atomic mass is 32.2. The summed E-state index contributed by atoms with van der Waals surface area (Å²) in [5.74, 6) is 0. The summed E-state index contributed by atoms with van der Waals surface area (Å²) in [6.07, 6.45) is 2.18. The molecular formula is C12H24N4O3S. The summed E-state index contributed by atoms with van der Waals surface area (Å²) in [5.41, 5.74) is 0.624. The molecule has 0 amide bonds. The molecule has 0 aliphatic carbocycles. The molecule has 7 nitrogen and oxygen atoms in total. The second-order valence-electron chi connectivity index (χ2n) is 4.94. The second-order valence-corrected chi connectivity index (χ2v) is 6.59. The van der Waals surface area contributed by atoms with Gasteiger partial charge in [0.1, 0.15) is 0 Å². The molecule has 1 rings (SSSR count). The van der Waals surface area contributed by atoms with Gasteiger partial charge in [-0.1, -0.05) is 20.8 Å². The molecule has 0 aliphatic heterocycles. The van der Waals surface area contributed by atoms with E-state index in [1.54, 1.807) is 7.11 Å². The number of nitrogens with zero attached hydrogens (tertiary/aromatic N) is 1. The minimum atomic E-state index is -3.62. The van der Waals surface area contributed by atoms with Gasteiger partial charge in [0.05, 0.1) is 12.8 Å². The number of sulfonamides is 1. The van der Waals surface area contributed by atoms with Gasteiger partial charge in [-0.05, 0) is 6.42 Å². The maximum Gasteiger partial charge on any atom is 0.258 e. The van der Waals surface area contributed by atoms with Crippen LogP contribution in [0.25, 0.3) is 0 Å². The third-order valence-electron chi connectivity index (χ3n) is 2.83. The zero-order valence-corrected chi connectivity index (χ0v) is 13.3. The van der Waals surface area contributed by atoms with Crippen molar-refractivity contribution in [1.82, 2.24) is 20.2 Å². The molecule has 0 bridgehead atoms. The molecule has 0 saturated heterocycles. The maximum atomic E-state index is 12.3. The average Bonchev–Trinajstić information content (AvgIpc) is 2.84. The van der Waals surface area contributed by atoms with Gasteiger partial charge in [0.25, 0.3) is 10.0 Å². The van der Waals surface area contributed by atoms with Gasteiger partial charge < -0.3 is 10.1 Å². The summed E-state index contributed by atoms with van der Waals surface area (Å²) in [6, 6.07) is 0.0181. The lowest BCUT2D eigenvalue weighted by Crippen LogP contribution is -2.38. The number of rotatable bonds is 9. The SMILES string of the molecule is CCC(COC)NS(=O)(=O)c1[nH]ncc1CNC(C)C. The Balaban J connectivity index is 2.84. The van der Waals surface area contributed by atoms with E-state index in [-0.39, 0.29) is 17.1 Å². The highest BCUT2D eigenvalue weighted by Gasteiger charge is 2.23. The van der Waals surface area contributed by atoms with Crippen LogP contribution >= 0.6 is 0 Å². The van der Waals surface area contributed by atoms with E-state index in [0.717, 1.165) is 0 Å². The molecular weight excluding hydrogens is 280 g/mol. The van der Waals surface area contributed by atoms with Gasteiger partial charge in [-0.3, -0.25) is 5.10 Å². The number of methoxy groups -OCH3 is 1. The van der Waals surface area contributed by atoms with Crippen molar-refractivity contribution in [2.75, 3.05) is 13.7 Å². The summed E-state index contributed by atoms with van der Waals surface area (Å²) in [6.45, 7) is 6.69. The number of H-pyrrole nitrogens is 1. The Kier molecular flexibility index (Phi) is 6.60. The van der Waals surface area contributed by atoms with Gasteiger partial charge in [-0.2, -0.15) is 5.10 Å². The van der Waals surface area contributed by atoms with Crippen LogP contribution in [0.3, 0.4) is 0 Å². The van der Waals surface area contributed by atoms with Crippen LogP contribution in [0.15, 0.2) is 11.2 Å². The van der Waals surface area contributed by atoms with Gasteiger partial charge in [0.15, 0.2) is 5.03 Å². The van der Waals surface area contributed by atoms with Crippen molar-refractivity contribution >= 4 is 10.0 Å². The summed E-state index contributed by atoms with van der Waals surface area (Å²) in [5, 5.41) is 9.68. The van der Waals surface area contributed by atoms with Gasteiger partial charge >= 0.3 is 0 Å². The first-order valence-electron chi connectivity index (χ1n) is 6.67. The first kappa shape index (κ1) is 17.1. The van der Waals surface area contributed by atoms with Crippen molar-refractivity contribution in [3.8, 4) is 0 Å². The lowest BCUT2D eigenvalue weighted by atomic mass is 10.3. The summed E-state index contributed by atoms with van der Waals surface area (Å²) in [7, 11) is -2.07. The van der Waals surface area contributed by atoms with Gasteiger partial charge in [0.2, 0.25) is 0 Å². The van der Waals surface area contributed by atoms with Crippen LogP contribution < -0.4 is 10.0 Å². The van der Waals surface area contributed by atoms with Crippen LogP contribution in [0, 0.1) is 0 Å². The van der Waals surface area contributed by atoms with Crippen molar-refractivity contribution in [3.05, 3.63) is 11.8 Å². The molecule has 3 N–H and O–H groups in total. The summed E-state index contributed by atoms with van der Waals surface area (Å²) < 4.78 is 32.3. The third kappa shape index (κ3) is 4.86. The predicted octanol–water partition coefficient (Wildman–Crippen LogP) is 0.611. The third-order valence-corrected chi connectivity index (χ3v) is 4.36. The molecule has 1 atom stereocenters. The van der Waals surface area contributed by atoms with E-state index in [4.69, 9.17) is 4.74 Å². The van der Waals surface area contributed by atoms with E-state index >= 15 is 0 Å². The van der Waals surface area contributed by atoms with Crippen molar-refractivity contribution in [2.24, 2.45) is 0 Å². The fourth-order valence-corrected chi connectivity index (χ4v) is 3.12. The largest absolute Gasteiger partial charge is 0.383 e. The normalized spacial score (nSPS) is 13.8. The number of aromatic nitrogens is 2. The predicted molar refractivity (Wildman–Crippen MR) is 76.8 cm³/mol. The lowest BCUT2D eigenvalue weighted by molar-refractivity contribution is 0.173. The fourth-order valence-electron chi connectivity index (χ4n) is 1.69. The van der Waals surface area contributed by atoms with Crippen molar-refractivity contribution < 1.29 is 13.2 Å². The number of hydrogen-bond acceptors (Lipinski definition) is 5. The smallest absolute Gasteiger partial charge is 0.258 e. The Labute approximate surface area is 120 Å². The molecule has 0 fully saturated rings. The lowest BCUT2D eigenvalue weighted by Gasteiger charge is -2.16. The molecule has 0 spiro atoms. The van der Waals surface area contributed by atoms with Crippen molar-refractivity contribution in [3.63, 3.8) is 0 Å². The van der Waals surface area contributed by atoms with Crippen LogP contribution in [0.1, 0.15) is 32.8 Å². The molecule has 20 heavy (non-hydrogen) atoms. The first-order chi connectivity index (χ1) is 9.40. The van der Waals surface area contributed by atoms with Crippen LogP contribution in [-0.4, -0.2) is 44.4 Å². The average molecular weight is 304 g/mol. The Bertz CT molecular complexity index is 499. The number of nitrogens with one attached hydrogen (secondary N) is 3. The highest BCUT2D eigenvalue weighted by molar-refractivity contribution is 7.89. The molecule has 0 aliphatic rings. The van der Waals surface area contributed by atoms with E-state index in [1.165, 1.54) is 6.20 Å². The molecule has 1 unspecified atom stereocenters. The standard InChI is InChI=1S/C12H24N4O3S/c1-5-11(8-19-4)16-20(17,18)12-10(7-14-15-12)6-13-9(2)3/h7,9,11,13,16H,5-6,8H2,1-4H3,(H,14,15). The number of aromatic amines is 1. The van der Waals surface area contributed by atoms with Gasteiger partial charge in [-0.15, -0.1) is 0 Å². The molecule has 1 aromatic heterocycles. The minimum absolute atomic E-state index is 0.111. The molecule has 0 aromatic carbocycles. The molecule has 1 aromatic rings. The van der Waals surface area contributed by atoms with Crippen LogP contribution in [0.5, 0.6) is 0 Å². The van der Waals surface area contributed by atoms with Crippen molar-refractivity contribution in [2.45, 2.75) is 50.8 Å². The monoisotopic (exact) mass is 304 g/mol. The highest BCUT2D eigenvalue weighted by Crippen LogP contribution is 2.13. The van der Waals surface area contributed by atoms with Gasteiger partial charge in [-0.25, -0.2) is 13.1 Å². The number of ether oxygens (including phenoxy) is 1. The number of hydrogen-bond donors (Lipinski definition) is 3. The topological polar surface area (TPSA) is 96.1 Å². The minimum Gasteiger partial charge on any atom is -0.383 e. The van der Waals surface area contributed by atoms with E-state index in [0.29, 0.717) is 25.1 Å². The molecule has 8 heteroatoms. The molecule has 0 radical (unpaired) electrons. The van der Waals surface area contributed by atoms with E-state index in [1.807, 2.05) is 20.8 Å².